The van der Waals surface area contributed by atoms with Crippen LogP contribution in [0.5, 0.6) is 5.75 Å². The molecule has 3 rings (SSSR count). The van der Waals surface area contributed by atoms with E-state index < -0.39 is 17.9 Å². The molecule has 8 heteroatoms. The van der Waals surface area contributed by atoms with Gasteiger partial charge in [-0.3, -0.25) is 20.4 Å². The van der Waals surface area contributed by atoms with Gasteiger partial charge in [0.1, 0.15) is 18.4 Å². The van der Waals surface area contributed by atoms with E-state index in [9.17, 15) is 9.59 Å². The molecule has 2 aromatic carbocycles. The molecule has 2 amide bonds. The summed E-state index contributed by atoms with van der Waals surface area (Å²) < 4.78 is 7.28. The fourth-order valence-corrected chi connectivity index (χ4v) is 2.50. The van der Waals surface area contributed by atoms with E-state index in [1.165, 1.54) is 6.33 Å². The zero-order valence-electron chi connectivity index (χ0n) is 15.8. The lowest BCUT2D eigenvalue weighted by Gasteiger charge is -2.17. The van der Waals surface area contributed by atoms with Crippen molar-refractivity contribution >= 4 is 11.8 Å². The Bertz CT molecular complexity index is 968. The topological polar surface area (TPSA) is 98.1 Å². The highest BCUT2D eigenvalue weighted by Crippen LogP contribution is 2.21. The maximum Gasteiger partial charge on any atom is 0.279 e. The van der Waals surface area contributed by atoms with Crippen molar-refractivity contribution in [1.82, 2.24) is 25.6 Å². The molecule has 1 aromatic heterocycles. The van der Waals surface area contributed by atoms with E-state index in [0.29, 0.717) is 11.3 Å². The van der Waals surface area contributed by atoms with Crippen LogP contribution >= 0.6 is 0 Å². The van der Waals surface area contributed by atoms with Gasteiger partial charge in [-0.25, -0.2) is 9.67 Å². The van der Waals surface area contributed by atoms with E-state index in [-0.39, 0.29) is 0 Å². The highest BCUT2D eigenvalue weighted by molar-refractivity contribution is 5.95. The van der Waals surface area contributed by atoms with Crippen LogP contribution < -0.4 is 15.6 Å². The van der Waals surface area contributed by atoms with Crippen molar-refractivity contribution in [2.75, 3.05) is 0 Å². The molecule has 3 aromatic rings. The number of hydrazine groups is 1. The van der Waals surface area contributed by atoms with Crippen LogP contribution in [0, 0.1) is 13.8 Å². The fraction of sp³-hybridized carbons (Fsp3) is 0.200. The van der Waals surface area contributed by atoms with Gasteiger partial charge >= 0.3 is 0 Å². The van der Waals surface area contributed by atoms with Crippen LogP contribution in [0.25, 0.3) is 5.69 Å². The van der Waals surface area contributed by atoms with Crippen molar-refractivity contribution in [3.63, 3.8) is 0 Å². The minimum atomic E-state index is -0.768. The predicted octanol–water partition coefficient (Wildman–Crippen LogP) is 2.11. The Labute approximate surface area is 162 Å². The number of amides is 2. The van der Waals surface area contributed by atoms with Crippen LogP contribution in [0.15, 0.2) is 55.1 Å². The molecule has 0 spiro atoms. The second-order valence-corrected chi connectivity index (χ2v) is 6.29. The van der Waals surface area contributed by atoms with E-state index in [1.54, 1.807) is 48.3 Å². The number of benzene rings is 2. The number of hydrogen-bond acceptors (Lipinski definition) is 5. The molecule has 8 nitrogen and oxygen atoms in total. The molecule has 1 atom stereocenters. The Hall–Kier alpha value is -3.68. The highest BCUT2D eigenvalue weighted by atomic mass is 16.5. The monoisotopic (exact) mass is 379 g/mol. The molecule has 144 valence electrons. The van der Waals surface area contributed by atoms with E-state index in [1.807, 2.05) is 26.0 Å². The SMILES string of the molecule is Cc1cccc(OC(C)C(=O)NNC(=O)c2ccc(-n3cncn3)cc2)c1C. The first-order valence-electron chi connectivity index (χ1n) is 8.74. The van der Waals surface area contributed by atoms with E-state index in [2.05, 4.69) is 20.9 Å². The fourth-order valence-electron chi connectivity index (χ4n) is 2.50. The number of carbonyl (C=O) groups is 2. The molecule has 0 aliphatic carbocycles. The maximum absolute atomic E-state index is 12.2. The number of aryl methyl sites for hydroxylation is 1. The van der Waals surface area contributed by atoms with Crippen LogP contribution in [0.3, 0.4) is 0 Å². The van der Waals surface area contributed by atoms with E-state index >= 15 is 0 Å². The van der Waals surface area contributed by atoms with Gasteiger partial charge in [0.2, 0.25) is 0 Å². The zero-order valence-corrected chi connectivity index (χ0v) is 15.8. The lowest BCUT2D eigenvalue weighted by Crippen LogP contribution is -2.47. The second kappa shape index (κ2) is 8.34. The molecule has 0 aliphatic heterocycles. The summed E-state index contributed by atoms with van der Waals surface area (Å²) in [7, 11) is 0. The molecular formula is C20H21N5O3. The van der Waals surface area contributed by atoms with Crippen molar-refractivity contribution in [2.45, 2.75) is 26.9 Å². The number of ether oxygens (including phenoxy) is 1. The summed E-state index contributed by atoms with van der Waals surface area (Å²) in [6.07, 6.45) is 2.22. The number of aromatic nitrogens is 3. The summed E-state index contributed by atoms with van der Waals surface area (Å²) in [6, 6.07) is 12.4. The predicted molar refractivity (Wildman–Crippen MR) is 103 cm³/mol. The van der Waals surface area contributed by atoms with E-state index in [4.69, 9.17) is 4.74 Å². The highest BCUT2D eigenvalue weighted by Gasteiger charge is 2.17. The third-order valence-corrected chi connectivity index (χ3v) is 4.34. The van der Waals surface area contributed by atoms with Gasteiger partial charge in [-0.1, -0.05) is 12.1 Å². The maximum atomic E-state index is 12.2. The number of hydrogen-bond donors (Lipinski definition) is 2. The third kappa shape index (κ3) is 4.35. The average molecular weight is 379 g/mol. The van der Waals surface area contributed by atoms with Crippen molar-refractivity contribution in [1.29, 1.82) is 0 Å². The van der Waals surface area contributed by atoms with Crippen LogP contribution in [0.2, 0.25) is 0 Å². The molecule has 0 saturated carbocycles. The van der Waals surface area contributed by atoms with E-state index in [0.717, 1.165) is 16.8 Å². The Morgan fingerprint density at radius 3 is 2.50 bits per heavy atom. The number of nitrogens with zero attached hydrogens (tertiary/aromatic N) is 3. The van der Waals surface area contributed by atoms with Gasteiger partial charge in [-0.05, 0) is 62.2 Å². The minimum absolute atomic E-state index is 0.396. The molecular weight excluding hydrogens is 358 g/mol. The van der Waals surface area contributed by atoms with Crippen molar-refractivity contribution < 1.29 is 14.3 Å². The molecule has 28 heavy (non-hydrogen) atoms. The number of nitrogens with one attached hydrogen (secondary N) is 2. The van der Waals surface area contributed by atoms with Crippen molar-refractivity contribution in [2.24, 2.45) is 0 Å². The van der Waals surface area contributed by atoms with Gasteiger partial charge in [-0.2, -0.15) is 5.10 Å². The molecule has 1 unspecified atom stereocenters. The van der Waals surface area contributed by atoms with Gasteiger partial charge < -0.3 is 4.74 Å². The summed E-state index contributed by atoms with van der Waals surface area (Å²) in [5.74, 6) is -0.247. The normalized spacial score (nSPS) is 11.5. The van der Waals surface area contributed by atoms with Crippen molar-refractivity contribution in [3.8, 4) is 11.4 Å². The van der Waals surface area contributed by atoms with Gasteiger partial charge in [0.25, 0.3) is 11.8 Å². The minimum Gasteiger partial charge on any atom is -0.481 e. The van der Waals surface area contributed by atoms with Gasteiger partial charge in [0, 0.05) is 5.56 Å². The number of carbonyl (C=O) groups excluding carboxylic acids is 2. The summed E-state index contributed by atoms with van der Waals surface area (Å²) in [5.41, 5.74) is 7.99. The Kier molecular flexibility index (Phi) is 5.69. The van der Waals surface area contributed by atoms with Crippen molar-refractivity contribution in [3.05, 3.63) is 71.8 Å². The Morgan fingerprint density at radius 1 is 1.07 bits per heavy atom. The largest absolute Gasteiger partial charge is 0.481 e. The first kappa shape index (κ1) is 19.1. The Balaban J connectivity index is 1.55. The number of rotatable bonds is 5. The lowest BCUT2D eigenvalue weighted by atomic mass is 10.1. The molecule has 0 fully saturated rings. The van der Waals surface area contributed by atoms with Crippen LogP contribution in [0.1, 0.15) is 28.4 Å². The van der Waals surface area contributed by atoms with Crippen LogP contribution in [0.4, 0.5) is 0 Å². The average Bonchev–Trinajstić information content (AvgIpc) is 3.24. The molecule has 2 N–H and O–H groups in total. The standard InChI is InChI=1S/C20H21N5O3/c1-13-5-4-6-18(14(13)2)28-15(3)19(26)23-24-20(27)16-7-9-17(10-8-16)25-12-21-11-22-25/h4-12,15H,1-3H3,(H,23,26)(H,24,27). The summed E-state index contributed by atoms with van der Waals surface area (Å²) in [5, 5.41) is 4.02. The first-order chi connectivity index (χ1) is 13.5. The molecule has 0 bridgehead atoms. The quantitative estimate of drug-likeness (QED) is 0.662. The van der Waals surface area contributed by atoms with Gasteiger partial charge in [0.05, 0.1) is 5.69 Å². The van der Waals surface area contributed by atoms with Gasteiger partial charge in [-0.15, -0.1) is 0 Å². The summed E-state index contributed by atoms with van der Waals surface area (Å²) >= 11 is 0. The first-order valence-corrected chi connectivity index (χ1v) is 8.74. The summed E-state index contributed by atoms with van der Waals surface area (Å²) in [6.45, 7) is 5.53. The zero-order chi connectivity index (χ0) is 20.1. The van der Waals surface area contributed by atoms with Gasteiger partial charge in [0.15, 0.2) is 6.10 Å². The van der Waals surface area contributed by atoms with Crippen LogP contribution in [-0.2, 0) is 4.79 Å². The lowest BCUT2D eigenvalue weighted by molar-refractivity contribution is -0.128. The van der Waals surface area contributed by atoms with Crippen LogP contribution in [-0.4, -0.2) is 32.7 Å². The molecule has 1 heterocycles. The molecule has 0 radical (unpaired) electrons. The smallest absolute Gasteiger partial charge is 0.279 e. The molecule has 0 saturated heterocycles. The third-order valence-electron chi connectivity index (χ3n) is 4.34. The molecule has 0 aliphatic rings. The Morgan fingerprint density at radius 2 is 1.82 bits per heavy atom. The summed E-state index contributed by atoms with van der Waals surface area (Å²) in [4.78, 5) is 28.3. The second-order valence-electron chi connectivity index (χ2n) is 6.29.